The molecule has 0 aliphatic rings. The molecule has 1 aromatic carbocycles. The van der Waals surface area contributed by atoms with Gasteiger partial charge in [0.1, 0.15) is 6.61 Å². The lowest BCUT2D eigenvalue weighted by molar-refractivity contribution is -0.125. The molecule has 0 spiro atoms. The zero-order chi connectivity index (χ0) is 12.5. The van der Waals surface area contributed by atoms with Gasteiger partial charge in [-0.2, -0.15) is 0 Å². The molecule has 0 unspecified atom stereocenters. The van der Waals surface area contributed by atoms with Crippen molar-refractivity contribution in [2.45, 2.75) is 33.2 Å². The Kier molecular flexibility index (Phi) is 6.33. The van der Waals surface area contributed by atoms with Crippen LogP contribution in [0.4, 0.5) is 0 Å². The largest absolute Gasteiger partial charge is 0.372 e. The second-order valence-electron chi connectivity index (χ2n) is 3.95. The van der Waals surface area contributed by atoms with Gasteiger partial charge in [0, 0.05) is 13.2 Å². The number of amides is 1. The van der Waals surface area contributed by atoms with E-state index in [1.165, 1.54) is 11.1 Å². The first kappa shape index (κ1) is 13.7. The zero-order valence-electron chi connectivity index (χ0n) is 10.7. The predicted molar refractivity (Wildman–Crippen MR) is 68.8 cm³/mol. The molecule has 0 aromatic heterocycles. The van der Waals surface area contributed by atoms with Crippen LogP contribution >= 0.6 is 0 Å². The van der Waals surface area contributed by atoms with Crippen molar-refractivity contribution in [1.82, 2.24) is 5.32 Å². The zero-order valence-corrected chi connectivity index (χ0v) is 10.7. The fourth-order valence-corrected chi connectivity index (χ4v) is 1.63. The first-order chi connectivity index (χ1) is 8.27. The van der Waals surface area contributed by atoms with Crippen molar-refractivity contribution in [1.29, 1.82) is 0 Å². The lowest BCUT2D eigenvalue weighted by atomic mass is 10.1. The van der Waals surface area contributed by atoms with Crippen LogP contribution in [0, 0.1) is 0 Å². The molecule has 0 heterocycles. The molecule has 0 saturated heterocycles. The Bertz CT molecular complexity index is 350. The summed E-state index contributed by atoms with van der Waals surface area (Å²) in [7, 11) is 0. The van der Waals surface area contributed by atoms with Gasteiger partial charge in [-0.05, 0) is 24.0 Å². The molecule has 0 saturated carbocycles. The minimum absolute atomic E-state index is 0.0515. The van der Waals surface area contributed by atoms with E-state index in [1.54, 1.807) is 0 Å². The summed E-state index contributed by atoms with van der Waals surface area (Å²) in [6.07, 6.45) is 1.92. The quantitative estimate of drug-likeness (QED) is 0.736. The van der Waals surface area contributed by atoms with E-state index in [-0.39, 0.29) is 12.5 Å². The molecule has 0 aliphatic carbocycles. The SMILES string of the molecule is CCCOCC(=O)NCc1ccccc1CC. The second kappa shape index (κ2) is 7.85. The van der Waals surface area contributed by atoms with Crippen LogP contribution in [0.1, 0.15) is 31.4 Å². The molecule has 0 fully saturated rings. The van der Waals surface area contributed by atoms with E-state index in [4.69, 9.17) is 4.74 Å². The number of carbonyl (C=O) groups excluding carboxylic acids is 1. The molecule has 1 amide bonds. The van der Waals surface area contributed by atoms with Gasteiger partial charge in [0.2, 0.25) is 5.91 Å². The van der Waals surface area contributed by atoms with Gasteiger partial charge >= 0.3 is 0 Å². The average Bonchev–Trinajstić information content (AvgIpc) is 2.37. The van der Waals surface area contributed by atoms with E-state index in [0.29, 0.717) is 13.2 Å². The predicted octanol–water partition coefficient (Wildman–Crippen LogP) is 2.29. The van der Waals surface area contributed by atoms with E-state index in [2.05, 4.69) is 18.3 Å². The van der Waals surface area contributed by atoms with Gasteiger partial charge in [-0.15, -0.1) is 0 Å². The van der Waals surface area contributed by atoms with Crippen molar-refractivity contribution >= 4 is 5.91 Å². The number of benzene rings is 1. The lowest BCUT2D eigenvalue weighted by Crippen LogP contribution is -2.27. The van der Waals surface area contributed by atoms with E-state index in [0.717, 1.165) is 12.8 Å². The maximum atomic E-state index is 11.5. The van der Waals surface area contributed by atoms with Crippen molar-refractivity contribution < 1.29 is 9.53 Å². The van der Waals surface area contributed by atoms with E-state index in [1.807, 2.05) is 25.1 Å². The highest BCUT2D eigenvalue weighted by molar-refractivity contribution is 5.77. The molecule has 94 valence electrons. The molecule has 17 heavy (non-hydrogen) atoms. The van der Waals surface area contributed by atoms with Crippen molar-refractivity contribution in [3.63, 3.8) is 0 Å². The molecule has 0 bridgehead atoms. The number of rotatable bonds is 7. The van der Waals surface area contributed by atoms with Crippen LogP contribution in [0.2, 0.25) is 0 Å². The second-order valence-corrected chi connectivity index (χ2v) is 3.95. The standard InChI is InChI=1S/C14H21NO2/c1-3-9-17-11-14(16)15-10-13-8-6-5-7-12(13)4-2/h5-8H,3-4,9-11H2,1-2H3,(H,15,16). The molecule has 0 radical (unpaired) electrons. The monoisotopic (exact) mass is 235 g/mol. The summed E-state index contributed by atoms with van der Waals surface area (Å²) in [6.45, 7) is 5.51. The minimum Gasteiger partial charge on any atom is -0.372 e. The highest BCUT2D eigenvalue weighted by Gasteiger charge is 2.03. The topological polar surface area (TPSA) is 38.3 Å². The summed E-state index contributed by atoms with van der Waals surface area (Å²) in [5.41, 5.74) is 2.46. The van der Waals surface area contributed by atoms with Crippen LogP contribution in [0.15, 0.2) is 24.3 Å². The summed E-state index contributed by atoms with van der Waals surface area (Å²) < 4.78 is 5.18. The Balaban J connectivity index is 2.36. The van der Waals surface area contributed by atoms with Crippen molar-refractivity contribution in [3.8, 4) is 0 Å². The van der Waals surface area contributed by atoms with Gasteiger partial charge in [-0.25, -0.2) is 0 Å². The maximum Gasteiger partial charge on any atom is 0.246 e. The molecule has 1 aromatic rings. The summed E-state index contributed by atoms with van der Waals surface area (Å²) in [5.74, 6) is -0.0515. The molecular weight excluding hydrogens is 214 g/mol. The third-order valence-corrected chi connectivity index (χ3v) is 2.56. The summed E-state index contributed by atoms with van der Waals surface area (Å²) in [5, 5.41) is 2.87. The Morgan fingerprint density at radius 3 is 2.59 bits per heavy atom. The summed E-state index contributed by atoms with van der Waals surface area (Å²) in [4.78, 5) is 11.5. The molecule has 3 heteroatoms. The average molecular weight is 235 g/mol. The Morgan fingerprint density at radius 1 is 1.24 bits per heavy atom. The molecule has 1 rings (SSSR count). The molecule has 0 atom stereocenters. The maximum absolute atomic E-state index is 11.5. The lowest BCUT2D eigenvalue weighted by Gasteiger charge is -2.09. The van der Waals surface area contributed by atoms with Crippen LogP contribution in [0.25, 0.3) is 0 Å². The molecule has 0 aliphatic heterocycles. The highest BCUT2D eigenvalue weighted by atomic mass is 16.5. The van der Waals surface area contributed by atoms with Crippen molar-refractivity contribution in [2.75, 3.05) is 13.2 Å². The number of aryl methyl sites for hydroxylation is 1. The third kappa shape index (κ3) is 5.00. The van der Waals surface area contributed by atoms with Crippen molar-refractivity contribution in [3.05, 3.63) is 35.4 Å². The van der Waals surface area contributed by atoms with Crippen LogP contribution < -0.4 is 5.32 Å². The van der Waals surface area contributed by atoms with Gasteiger partial charge in [0.15, 0.2) is 0 Å². The van der Waals surface area contributed by atoms with E-state index in [9.17, 15) is 4.79 Å². The molecular formula is C14H21NO2. The molecule has 3 nitrogen and oxygen atoms in total. The number of carbonyl (C=O) groups is 1. The van der Waals surface area contributed by atoms with Gasteiger partial charge in [0.05, 0.1) is 0 Å². The first-order valence-electron chi connectivity index (χ1n) is 6.19. The van der Waals surface area contributed by atoms with Crippen LogP contribution in [0.5, 0.6) is 0 Å². The number of nitrogens with one attached hydrogen (secondary N) is 1. The third-order valence-electron chi connectivity index (χ3n) is 2.56. The smallest absolute Gasteiger partial charge is 0.246 e. The fourth-order valence-electron chi connectivity index (χ4n) is 1.63. The number of hydrogen-bond donors (Lipinski definition) is 1. The van der Waals surface area contributed by atoms with Crippen LogP contribution in [-0.2, 0) is 22.5 Å². The van der Waals surface area contributed by atoms with E-state index < -0.39 is 0 Å². The Labute approximate surface area is 103 Å². The Morgan fingerprint density at radius 2 is 1.94 bits per heavy atom. The van der Waals surface area contributed by atoms with Gasteiger partial charge in [-0.3, -0.25) is 4.79 Å². The Hall–Kier alpha value is -1.35. The number of ether oxygens (including phenoxy) is 1. The molecule has 1 N–H and O–H groups in total. The fraction of sp³-hybridized carbons (Fsp3) is 0.500. The van der Waals surface area contributed by atoms with Crippen LogP contribution in [-0.4, -0.2) is 19.1 Å². The minimum atomic E-state index is -0.0515. The first-order valence-corrected chi connectivity index (χ1v) is 6.19. The van der Waals surface area contributed by atoms with Crippen molar-refractivity contribution in [2.24, 2.45) is 0 Å². The van der Waals surface area contributed by atoms with Gasteiger partial charge in [0.25, 0.3) is 0 Å². The number of hydrogen-bond acceptors (Lipinski definition) is 2. The van der Waals surface area contributed by atoms with E-state index >= 15 is 0 Å². The normalized spacial score (nSPS) is 10.2. The highest BCUT2D eigenvalue weighted by Crippen LogP contribution is 2.08. The van der Waals surface area contributed by atoms with Crippen LogP contribution in [0.3, 0.4) is 0 Å². The summed E-state index contributed by atoms with van der Waals surface area (Å²) in [6, 6.07) is 8.16. The van der Waals surface area contributed by atoms with Gasteiger partial charge < -0.3 is 10.1 Å². The summed E-state index contributed by atoms with van der Waals surface area (Å²) >= 11 is 0. The van der Waals surface area contributed by atoms with Gasteiger partial charge in [-0.1, -0.05) is 38.1 Å².